The van der Waals surface area contributed by atoms with Gasteiger partial charge >= 0.3 is 5.97 Å². The molecule has 134 valence electrons. The zero-order valence-electron chi connectivity index (χ0n) is 14.4. The Morgan fingerprint density at radius 3 is 2.65 bits per heavy atom. The van der Waals surface area contributed by atoms with Crippen LogP contribution < -0.4 is 5.32 Å². The van der Waals surface area contributed by atoms with E-state index in [9.17, 15) is 19.5 Å². The standard InChI is InChI=1S/C20H20N2O4/c1-2-17(23)21-15-8-5-7-14(12-15)19(24)22-11-10-13-6-3-4-9-16(13)18(22)20(25)26/h3-9,12,18H,2,10-11H2,1H3,(H,21,23)(H,25,26). The molecule has 0 spiro atoms. The first-order valence-electron chi connectivity index (χ1n) is 8.52. The first kappa shape index (κ1) is 17.7. The molecule has 0 bridgehead atoms. The quantitative estimate of drug-likeness (QED) is 0.886. The molecular formula is C20H20N2O4. The summed E-state index contributed by atoms with van der Waals surface area (Å²) in [6.45, 7) is 2.07. The smallest absolute Gasteiger partial charge is 0.331 e. The molecule has 0 radical (unpaired) electrons. The summed E-state index contributed by atoms with van der Waals surface area (Å²) < 4.78 is 0. The normalized spacial score (nSPS) is 15.9. The third-order valence-corrected chi connectivity index (χ3v) is 4.49. The van der Waals surface area contributed by atoms with E-state index >= 15 is 0 Å². The number of carbonyl (C=O) groups excluding carboxylic acids is 2. The predicted molar refractivity (Wildman–Crippen MR) is 96.9 cm³/mol. The van der Waals surface area contributed by atoms with Crippen LogP contribution in [0.25, 0.3) is 0 Å². The van der Waals surface area contributed by atoms with Crippen LogP contribution in [0.1, 0.15) is 40.9 Å². The molecule has 1 aliphatic rings. The van der Waals surface area contributed by atoms with Gasteiger partial charge in [-0.05, 0) is 35.7 Å². The van der Waals surface area contributed by atoms with Gasteiger partial charge in [0.05, 0.1) is 0 Å². The molecule has 0 aliphatic carbocycles. The number of hydrogen-bond acceptors (Lipinski definition) is 3. The van der Waals surface area contributed by atoms with Crippen LogP contribution in [0.3, 0.4) is 0 Å². The maximum atomic E-state index is 13.0. The van der Waals surface area contributed by atoms with E-state index in [4.69, 9.17) is 0 Å². The summed E-state index contributed by atoms with van der Waals surface area (Å²) in [5, 5.41) is 12.4. The van der Waals surface area contributed by atoms with Gasteiger partial charge in [-0.1, -0.05) is 37.3 Å². The van der Waals surface area contributed by atoms with Gasteiger partial charge in [0.25, 0.3) is 5.91 Å². The number of carboxylic acids is 1. The van der Waals surface area contributed by atoms with E-state index in [-0.39, 0.29) is 11.8 Å². The SMILES string of the molecule is CCC(=O)Nc1cccc(C(=O)N2CCc3ccccc3C2C(=O)O)c1. The molecule has 0 aromatic heterocycles. The second-order valence-corrected chi connectivity index (χ2v) is 6.17. The molecule has 2 aromatic carbocycles. The minimum atomic E-state index is -1.05. The molecule has 3 rings (SSSR count). The van der Waals surface area contributed by atoms with Crippen molar-refractivity contribution in [3.05, 3.63) is 65.2 Å². The molecular weight excluding hydrogens is 332 g/mol. The van der Waals surface area contributed by atoms with Gasteiger partial charge in [-0.15, -0.1) is 0 Å². The van der Waals surface area contributed by atoms with Crippen molar-refractivity contribution in [1.82, 2.24) is 4.90 Å². The highest BCUT2D eigenvalue weighted by Crippen LogP contribution is 2.31. The third-order valence-electron chi connectivity index (χ3n) is 4.49. The van der Waals surface area contributed by atoms with Crippen LogP contribution >= 0.6 is 0 Å². The molecule has 2 amide bonds. The zero-order valence-corrected chi connectivity index (χ0v) is 14.4. The van der Waals surface area contributed by atoms with Gasteiger partial charge < -0.3 is 15.3 Å². The number of fused-ring (bicyclic) bond motifs is 1. The van der Waals surface area contributed by atoms with Crippen LogP contribution in [-0.2, 0) is 16.0 Å². The van der Waals surface area contributed by atoms with E-state index in [1.54, 1.807) is 43.3 Å². The van der Waals surface area contributed by atoms with Crippen molar-refractivity contribution >= 4 is 23.5 Å². The molecule has 1 atom stereocenters. The van der Waals surface area contributed by atoms with Crippen LogP contribution in [0.2, 0.25) is 0 Å². The Kier molecular flexibility index (Phi) is 5.02. The highest BCUT2D eigenvalue weighted by atomic mass is 16.4. The first-order valence-corrected chi connectivity index (χ1v) is 8.52. The average molecular weight is 352 g/mol. The van der Waals surface area contributed by atoms with Crippen molar-refractivity contribution in [2.75, 3.05) is 11.9 Å². The number of nitrogens with one attached hydrogen (secondary N) is 1. The molecule has 6 heteroatoms. The molecule has 26 heavy (non-hydrogen) atoms. The van der Waals surface area contributed by atoms with Gasteiger partial charge in [-0.3, -0.25) is 9.59 Å². The number of nitrogens with zero attached hydrogens (tertiary/aromatic N) is 1. The summed E-state index contributed by atoms with van der Waals surface area (Å²) in [7, 11) is 0. The van der Waals surface area contributed by atoms with Crippen LogP contribution in [0, 0.1) is 0 Å². The maximum absolute atomic E-state index is 13.0. The maximum Gasteiger partial charge on any atom is 0.331 e. The summed E-state index contributed by atoms with van der Waals surface area (Å²) in [6.07, 6.45) is 0.945. The lowest BCUT2D eigenvalue weighted by Gasteiger charge is -2.34. The molecule has 0 fully saturated rings. The van der Waals surface area contributed by atoms with E-state index in [1.807, 2.05) is 12.1 Å². The fourth-order valence-corrected chi connectivity index (χ4v) is 3.20. The van der Waals surface area contributed by atoms with E-state index in [0.29, 0.717) is 36.2 Å². The monoisotopic (exact) mass is 352 g/mol. The Labute approximate surface area is 151 Å². The molecule has 1 aliphatic heterocycles. The molecule has 0 saturated carbocycles. The van der Waals surface area contributed by atoms with Gasteiger partial charge in [0.15, 0.2) is 6.04 Å². The summed E-state index contributed by atoms with van der Waals surface area (Å²) >= 11 is 0. The lowest BCUT2D eigenvalue weighted by Crippen LogP contribution is -2.43. The Balaban J connectivity index is 1.91. The summed E-state index contributed by atoms with van der Waals surface area (Å²) in [6, 6.07) is 12.9. The second kappa shape index (κ2) is 7.39. The van der Waals surface area contributed by atoms with E-state index < -0.39 is 12.0 Å². The van der Waals surface area contributed by atoms with Crippen LogP contribution in [0.15, 0.2) is 48.5 Å². The van der Waals surface area contributed by atoms with Gasteiger partial charge in [0.1, 0.15) is 0 Å². The number of rotatable bonds is 4. The fourth-order valence-electron chi connectivity index (χ4n) is 3.20. The predicted octanol–water partition coefficient (Wildman–Crippen LogP) is 2.86. The molecule has 6 nitrogen and oxygen atoms in total. The molecule has 1 heterocycles. The summed E-state index contributed by atoms with van der Waals surface area (Å²) in [4.78, 5) is 37.8. The number of anilines is 1. The Bertz CT molecular complexity index is 862. The van der Waals surface area contributed by atoms with Gasteiger partial charge in [-0.25, -0.2) is 4.79 Å². The number of carbonyl (C=O) groups is 3. The largest absolute Gasteiger partial charge is 0.479 e. The number of benzene rings is 2. The van der Waals surface area contributed by atoms with E-state index in [2.05, 4.69) is 5.32 Å². The van der Waals surface area contributed by atoms with Crippen molar-refractivity contribution in [2.24, 2.45) is 0 Å². The molecule has 1 unspecified atom stereocenters. The zero-order chi connectivity index (χ0) is 18.7. The molecule has 2 N–H and O–H groups in total. The van der Waals surface area contributed by atoms with E-state index in [0.717, 1.165) is 5.56 Å². The van der Waals surface area contributed by atoms with Gasteiger partial charge in [0.2, 0.25) is 5.91 Å². The number of hydrogen-bond donors (Lipinski definition) is 2. The minimum Gasteiger partial charge on any atom is -0.479 e. The minimum absolute atomic E-state index is 0.148. The Hall–Kier alpha value is -3.15. The van der Waals surface area contributed by atoms with Gasteiger partial charge in [0, 0.05) is 24.2 Å². The highest BCUT2D eigenvalue weighted by Gasteiger charge is 2.36. The van der Waals surface area contributed by atoms with Crippen molar-refractivity contribution in [3.8, 4) is 0 Å². The Morgan fingerprint density at radius 1 is 1.15 bits per heavy atom. The van der Waals surface area contributed by atoms with Crippen LogP contribution in [0.5, 0.6) is 0 Å². The topological polar surface area (TPSA) is 86.7 Å². The van der Waals surface area contributed by atoms with Crippen molar-refractivity contribution < 1.29 is 19.5 Å². The third kappa shape index (κ3) is 3.44. The fraction of sp³-hybridized carbons (Fsp3) is 0.250. The van der Waals surface area contributed by atoms with E-state index in [1.165, 1.54) is 4.90 Å². The van der Waals surface area contributed by atoms with Crippen molar-refractivity contribution in [3.63, 3.8) is 0 Å². The number of amides is 2. The van der Waals surface area contributed by atoms with Crippen molar-refractivity contribution in [1.29, 1.82) is 0 Å². The molecule has 0 saturated heterocycles. The lowest BCUT2D eigenvalue weighted by molar-refractivity contribution is -0.143. The number of carboxylic acid groups (broad SMARTS) is 1. The Morgan fingerprint density at radius 2 is 1.92 bits per heavy atom. The highest BCUT2D eigenvalue weighted by molar-refractivity contribution is 5.99. The van der Waals surface area contributed by atoms with Crippen molar-refractivity contribution in [2.45, 2.75) is 25.8 Å². The van der Waals surface area contributed by atoms with Crippen LogP contribution in [0.4, 0.5) is 5.69 Å². The second-order valence-electron chi connectivity index (χ2n) is 6.17. The lowest BCUT2D eigenvalue weighted by atomic mass is 9.92. The van der Waals surface area contributed by atoms with Crippen LogP contribution in [-0.4, -0.2) is 34.3 Å². The first-order chi connectivity index (χ1) is 12.5. The molecule has 2 aromatic rings. The average Bonchev–Trinajstić information content (AvgIpc) is 2.66. The summed E-state index contributed by atoms with van der Waals surface area (Å²) in [5.74, 6) is -1.56. The number of aliphatic carboxylic acids is 1. The van der Waals surface area contributed by atoms with Gasteiger partial charge in [-0.2, -0.15) is 0 Å². The summed E-state index contributed by atoms with van der Waals surface area (Å²) in [5.41, 5.74) is 2.47.